The molecule has 1 aliphatic rings. The number of furan rings is 1. The number of nitrogens with one attached hydrogen (secondary N) is 2. The van der Waals surface area contributed by atoms with Crippen LogP contribution in [0.25, 0.3) is 0 Å². The highest BCUT2D eigenvalue weighted by atomic mass is 16.5. The van der Waals surface area contributed by atoms with Gasteiger partial charge in [0.2, 0.25) is 0 Å². The van der Waals surface area contributed by atoms with Crippen molar-refractivity contribution in [3.63, 3.8) is 0 Å². The van der Waals surface area contributed by atoms with Crippen LogP contribution < -0.4 is 10.6 Å². The summed E-state index contributed by atoms with van der Waals surface area (Å²) in [6, 6.07) is 13.1. The maximum absolute atomic E-state index is 12.1. The van der Waals surface area contributed by atoms with Gasteiger partial charge < -0.3 is 19.8 Å². The molecule has 1 aromatic carbocycles. The summed E-state index contributed by atoms with van der Waals surface area (Å²) in [6.07, 6.45) is 0. The molecule has 0 radical (unpaired) electrons. The number of amides is 2. The normalized spacial score (nSPS) is 16.5. The minimum Gasteiger partial charge on any atom is -0.465 e. The SMILES string of the molecule is Cc1ccc(C(CNC(=O)Nc2ccccc2)N2CCOCC2)o1. The number of hydrogen-bond acceptors (Lipinski definition) is 4. The topological polar surface area (TPSA) is 66.7 Å². The van der Waals surface area contributed by atoms with Gasteiger partial charge in [0.05, 0.1) is 19.3 Å². The molecule has 0 aliphatic carbocycles. The minimum absolute atomic E-state index is 0.00382. The monoisotopic (exact) mass is 329 g/mol. The molecule has 6 nitrogen and oxygen atoms in total. The Bertz CT molecular complexity index is 651. The Hall–Kier alpha value is -2.31. The highest BCUT2D eigenvalue weighted by molar-refractivity contribution is 5.89. The van der Waals surface area contributed by atoms with E-state index >= 15 is 0 Å². The molecule has 2 heterocycles. The smallest absolute Gasteiger partial charge is 0.319 e. The number of hydrogen-bond donors (Lipinski definition) is 2. The molecule has 0 bridgehead atoms. The van der Waals surface area contributed by atoms with Crippen LogP contribution in [0.3, 0.4) is 0 Å². The zero-order chi connectivity index (χ0) is 16.8. The van der Waals surface area contributed by atoms with E-state index in [2.05, 4.69) is 15.5 Å². The summed E-state index contributed by atoms with van der Waals surface area (Å²) in [6.45, 7) is 5.46. The van der Waals surface area contributed by atoms with Crippen molar-refractivity contribution in [2.45, 2.75) is 13.0 Å². The van der Waals surface area contributed by atoms with Gasteiger partial charge in [-0.15, -0.1) is 0 Å². The summed E-state index contributed by atoms with van der Waals surface area (Å²) in [4.78, 5) is 14.4. The lowest BCUT2D eigenvalue weighted by molar-refractivity contribution is 0.0122. The Morgan fingerprint density at radius 1 is 1.17 bits per heavy atom. The Morgan fingerprint density at radius 2 is 1.92 bits per heavy atom. The standard InChI is InChI=1S/C18H23N3O3/c1-14-7-8-17(24-14)16(21-9-11-23-12-10-21)13-19-18(22)20-15-5-3-2-4-6-15/h2-8,16H,9-13H2,1H3,(H2,19,20,22). The second-order valence-corrected chi connectivity index (χ2v) is 5.81. The average molecular weight is 329 g/mol. The molecule has 2 aromatic rings. The van der Waals surface area contributed by atoms with Crippen LogP contribution in [0.4, 0.5) is 10.5 Å². The fraction of sp³-hybridized carbons (Fsp3) is 0.389. The van der Waals surface area contributed by atoms with Gasteiger partial charge in [0, 0.05) is 25.3 Å². The zero-order valence-corrected chi connectivity index (χ0v) is 13.8. The first kappa shape index (κ1) is 16.5. The van der Waals surface area contributed by atoms with Crippen LogP contribution in [0.2, 0.25) is 0 Å². The number of benzene rings is 1. The first-order valence-electron chi connectivity index (χ1n) is 8.20. The number of anilines is 1. The fourth-order valence-electron chi connectivity index (χ4n) is 2.82. The first-order valence-corrected chi connectivity index (χ1v) is 8.20. The highest BCUT2D eigenvalue weighted by Gasteiger charge is 2.25. The van der Waals surface area contributed by atoms with Gasteiger partial charge >= 0.3 is 6.03 Å². The maximum Gasteiger partial charge on any atom is 0.319 e. The van der Waals surface area contributed by atoms with Crippen LogP contribution in [0.15, 0.2) is 46.9 Å². The molecule has 2 N–H and O–H groups in total. The van der Waals surface area contributed by atoms with Crippen LogP contribution in [0, 0.1) is 6.92 Å². The molecule has 1 aromatic heterocycles. The van der Waals surface area contributed by atoms with Gasteiger partial charge in [-0.1, -0.05) is 18.2 Å². The summed E-state index contributed by atoms with van der Waals surface area (Å²) in [7, 11) is 0. The number of carbonyl (C=O) groups excluding carboxylic acids is 1. The molecule has 1 saturated heterocycles. The Kier molecular flexibility index (Phi) is 5.51. The quantitative estimate of drug-likeness (QED) is 0.885. The number of aryl methyl sites for hydroxylation is 1. The van der Waals surface area contributed by atoms with Crippen molar-refractivity contribution >= 4 is 11.7 Å². The molecule has 24 heavy (non-hydrogen) atoms. The van der Waals surface area contributed by atoms with Crippen molar-refractivity contribution in [3.8, 4) is 0 Å². The number of urea groups is 1. The van der Waals surface area contributed by atoms with E-state index in [4.69, 9.17) is 9.15 Å². The van der Waals surface area contributed by atoms with E-state index in [0.717, 1.165) is 30.3 Å². The molecule has 0 saturated carbocycles. The largest absolute Gasteiger partial charge is 0.465 e. The summed E-state index contributed by atoms with van der Waals surface area (Å²) in [5, 5.41) is 5.78. The third-order valence-corrected chi connectivity index (χ3v) is 4.06. The molecule has 128 valence electrons. The molecular weight excluding hydrogens is 306 g/mol. The number of carbonyl (C=O) groups is 1. The molecule has 6 heteroatoms. The average Bonchev–Trinajstić information content (AvgIpc) is 3.03. The minimum atomic E-state index is -0.220. The molecular formula is C18H23N3O3. The predicted molar refractivity (Wildman–Crippen MR) is 92.0 cm³/mol. The van der Waals surface area contributed by atoms with Crippen molar-refractivity contribution in [1.29, 1.82) is 0 Å². The van der Waals surface area contributed by atoms with Gasteiger partial charge in [-0.05, 0) is 31.2 Å². The van der Waals surface area contributed by atoms with Gasteiger partial charge in [-0.3, -0.25) is 4.90 Å². The Morgan fingerprint density at radius 3 is 2.58 bits per heavy atom. The molecule has 3 rings (SSSR count). The van der Waals surface area contributed by atoms with E-state index < -0.39 is 0 Å². The number of ether oxygens (including phenoxy) is 1. The molecule has 1 unspecified atom stereocenters. The lowest BCUT2D eigenvalue weighted by Crippen LogP contribution is -2.44. The first-order chi connectivity index (χ1) is 11.7. The molecule has 1 fully saturated rings. The number of rotatable bonds is 5. The summed E-state index contributed by atoms with van der Waals surface area (Å²) < 4.78 is 11.2. The molecule has 1 aliphatic heterocycles. The Balaban J connectivity index is 1.62. The summed E-state index contributed by atoms with van der Waals surface area (Å²) >= 11 is 0. The van der Waals surface area contributed by atoms with E-state index in [-0.39, 0.29) is 12.1 Å². The van der Waals surface area contributed by atoms with Crippen molar-refractivity contribution in [2.24, 2.45) is 0 Å². The molecule has 0 spiro atoms. The highest BCUT2D eigenvalue weighted by Crippen LogP contribution is 2.23. The van der Waals surface area contributed by atoms with Gasteiger partial charge in [-0.25, -0.2) is 4.79 Å². The van der Waals surface area contributed by atoms with Crippen molar-refractivity contribution in [3.05, 3.63) is 54.0 Å². The summed E-state index contributed by atoms with van der Waals surface area (Å²) in [5.74, 6) is 1.74. The van der Waals surface area contributed by atoms with Gasteiger partial charge in [0.1, 0.15) is 11.5 Å². The van der Waals surface area contributed by atoms with Crippen molar-refractivity contribution in [1.82, 2.24) is 10.2 Å². The van der Waals surface area contributed by atoms with E-state index in [1.807, 2.05) is 49.4 Å². The molecule has 1 atom stereocenters. The maximum atomic E-state index is 12.1. The third kappa shape index (κ3) is 4.37. The predicted octanol–water partition coefficient (Wildman–Crippen LogP) is 2.78. The molecule has 2 amide bonds. The fourth-order valence-corrected chi connectivity index (χ4v) is 2.82. The van der Waals surface area contributed by atoms with E-state index in [1.54, 1.807) is 0 Å². The number of nitrogens with zero attached hydrogens (tertiary/aromatic N) is 1. The van der Waals surface area contributed by atoms with Gasteiger partial charge in [-0.2, -0.15) is 0 Å². The van der Waals surface area contributed by atoms with Crippen LogP contribution in [0.1, 0.15) is 17.6 Å². The van der Waals surface area contributed by atoms with Crippen molar-refractivity contribution in [2.75, 3.05) is 38.2 Å². The van der Waals surface area contributed by atoms with Crippen LogP contribution in [-0.4, -0.2) is 43.8 Å². The van der Waals surface area contributed by atoms with Gasteiger partial charge in [0.15, 0.2) is 0 Å². The van der Waals surface area contributed by atoms with E-state index in [1.165, 1.54) is 0 Å². The Labute approximate surface area is 141 Å². The second-order valence-electron chi connectivity index (χ2n) is 5.81. The summed E-state index contributed by atoms with van der Waals surface area (Å²) in [5.41, 5.74) is 0.770. The van der Waals surface area contributed by atoms with E-state index in [0.29, 0.717) is 19.8 Å². The second kappa shape index (κ2) is 7.99. The lowest BCUT2D eigenvalue weighted by atomic mass is 10.1. The third-order valence-electron chi connectivity index (χ3n) is 4.06. The lowest BCUT2D eigenvalue weighted by Gasteiger charge is -2.33. The van der Waals surface area contributed by atoms with E-state index in [9.17, 15) is 4.79 Å². The van der Waals surface area contributed by atoms with Crippen LogP contribution in [-0.2, 0) is 4.74 Å². The van der Waals surface area contributed by atoms with Crippen LogP contribution >= 0.6 is 0 Å². The number of para-hydroxylation sites is 1. The van der Waals surface area contributed by atoms with Crippen LogP contribution in [0.5, 0.6) is 0 Å². The van der Waals surface area contributed by atoms with Gasteiger partial charge in [0.25, 0.3) is 0 Å². The number of morpholine rings is 1. The van der Waals surface area contributed by atoms with Crippen molar-refractivity contribution < 1.29 is 13.9 Å². The zero-order valence-electron chi connectivity index (χ0n) is 13.8.